The number of amides is 1. The molecule has 2 aliphatic heterocycles. The number of morpholine rings is 1. The number of piperazine rings is 1. The second-order valence-corrected chi connectivity index (χ2v) is 11.4. The molecule has 10 nitrogen and oxygen atoms in total. The molecule has 3 heterocycles. The van der Waals surface area contributed by atoms with Crippen LogP contribution in [0.2, 0.25) is 0 Å². The van der Waals surface area contributed by atoms with Crippen LogP contribution in [-0.2, 0) is 24.5 Å². The SMILES string of the molecule is COC(=O)c1c(NC(=O)CN2CCN(S(=O)(=O)N3CC(C)OC(C)C3)CC2)sc(C)c1C. The summed E-state index contributed by atoms with van der Waals surface area (Å²) < 4.78 is 39.5. The first-order valence-corrected chi connectivity index (χ1v) is 12.9. The Kier molecular flexibility index (Phi) is 7.94. The summed E-state index contributed by atoms with van der Waals surface area (Å²) in [5, 5.41) is 3.30. The molecule has 0 aliphatic carbocycles. The molecule has 2 unspecified atom stereocenters. The molecule has 1 aromatic rings. The zero-order valence-electron chi connectivity index (χ0n) is 19.2. The maximum absolute atomic E-state index is 13.0. The van der Waals surface area contributed by atoms with Crippen LogP contribution in [0.15, 0.2) is 0 Å². The average Bonchev–Trinajstić information content (AvgIpc) is 3.00. The van der Waals surface area contributed by atoms with Crippen molar-refractivity contribution >= 4 is 38.4 Å². The Hall–Kier alpha value is -1.57. The largest absolute Gasteiger partial charge is 0.465 e. The van der Waals surface area contributed by atoms with Gasteiger partial charge in [0.05, 0.1) is 31.4 Å². The zero-order chi connectivity index (χ0) is 23.6. The summed E-state index contributed by atoms with van der Waals surface area (Å²) in [6.45, 7) is 9.81. The molecule has 0 spiro atoms. The van der Waals surface area contributed by atoms with Gasteiger partial charge in [-0.15, -0.1) is 11.3 Å². The minimum Gasteiger partial charge on any atom is -0.465 e. The first-order chi connectivity index (χ1) is 15.0. The van der Waals surface area contributed by atoms with Gasteiger partial charge in [-0.3, -0.25) is 9.69 Å². The molecular formula is C20H32N4O6S2. The van der Waals surface area contributed by atoms with Gasteiger partial charge in [0.1, 0.15) is 5.00 Å². The quantitative estimate of drug-likeness (QED) is 0.597. The fourth-order valence-electron chi connectivity index (χ4n) is 4.03. The van der Waals surface area contributed by atoms with Crippen LogP contribution >= 0.6 is 11.3 Å². The third-order valence-electron chi connectivity index (χ3n) is 5.76. The number of ether oxygens (including phenoxy) is 2. The van der Waals surface area contributed by atoms with Crippen molar-refractivity contribution in [2.45, 2.75) is 39.9 Å². The predicted molar refractivity (Wildman–Crippen MR) is 122 cm³/mol. The van der Waals surface area contributed by atoms with Gasteiger partial charge in [0.25, 0.3) is 10.2 Å². The molecule has 12 heteroatoms. The van der Waals surface area contributed by atoms with Crippen molar-refractivity contribution in [2.24, 2.45) is 0 Å². The summed E-state index contributed by atoms with van der Waals surface area (Å²) in [7, 11) is -2.25. The lowest BCUT2D eigenvalue weighted by molar-refractivity contribution is -0.117. The highest BCUT2D eigenvalue weighted by atomic mass is 32.2. The van der Waals surface area contributed by atoms with E-state index in [-0.39, 0.29) is 24.7 Å². The molecule has 1 amide bonds. The topological polar surface area (TPSA) is 108 Å². The van der Waals surface area contributed by atoms with E-state index in [1.54, 1.807) is 0 Å². The standard InChI is InChI=1S/C20H32N4O6S2/c1-13-10-24(11-14(2)30-13)32(27,28)23-8-6-22(7-9-23)12-17(25)21-19-18(20(26)29-5)15(3)16(4)31-19/h13-14H,6-12H2,1-5H3,(H,21,25). The number of hydrogen-bond acceptors (Lipinski definition) is 8. The van der Waals surface area contributed by atoms with Crippen LogP contribution in [0.4, 0.5) is 5.00 Å². The average molecular weight is 489 g/mol. The molecule has 3 rings (SSSR count). The van der Waals surface area contributed by atoms with Crippen molar-refractivity contribution in [1.29, 1.82) is 0 Å². The number of aryl methyl sites for hydroxylation is 1. The molecular weight excluding hydrogens is 456 g/mol. The number of hydrogen-bond donors (Lipinski definition) is 1. The summed E-state index contributed by atoms with van der Waals surface area (Å²) in [6.07, 6.45) is -0.282. The van der Waals surface area contributed by atoms with E-state index < -0.39 is 16.2 Å². The van der Waals surface area contributed by atoms with Crippen molar-refractivity contribution in [1.82, 2.24) is 13.5 Å². The molecule has 0 radical (unpaired) electrons. The van der Waals surface area contributed by atoms with Gasteiger partial charge in [-0.25, -0.2) is 4.79 Å². The predicted octanol–water partition coefficient (Wildman–Crippen LogP) is 1.06. The molecule has 2 fully saturated rings. The maximum Gasteiger partial charge on any atom is 0.341 e. The lowest BCUT2D eigenvalue weighted by Crippen LogP contribution is -2.57. The van der Waals surface area contributed by atoms with E-state index in [4.69, 9.17) is 9.47 Å². The normalized spacial score (nSPS) is 23.8. The Morgan fingerprint density at radius 2 is 1.69 bits per heavy atom. The van der Waals surface area contributed by atoms with E-state index in [0.717, 1.165) is 10.4 Å². The second kappa shape index (κ2) is 10.1. The third kappa shape index (κ3) is 5.49. The van der Waals surface area contributed by atoms with Crippen molar-refractivity contribution in [3.8, 4) is 0 Å². The van der Waals surface area contributed by atoms with E-state index in [0.29, 0.717) is 49.8 Å². The Balaban J connectivity index is 1.56. The molecule has 0 bridgehead atoms. The Bertz CT molecular complexity index is 946. The maximum atomic E-state index is 13.0. The van der Waals surface area contributed by atoms with Crippen LogP contribution in [0, 0.1) is 13.8 Å². The van der Waals surface area contributed by atoms with Gasteiger partial charge in [-0.2, -0.15) is 17.0 Å². The lowest BCUT2D eigenvalue weighted by atomic mass is 10.1. The van der Waals surface area contributed by atoms with Gasteiger partial charge < -0.3 is 14.8 Å². The summed E-state index contributed by atoms with van der Waals surface area (Å²) in [5.41, 5.74) is 1.18. The van der Waals surface area contributed by atoms with Gasteiger partial charge in [0.2, 0.25) is 5.91 Å². The number of carbonyl (C=O) groups excluding carboxylic acids is 2. The summed E-state index contributed by atoms with van der Waals surface area (Å²) >= 11 is 1.34. The van der Waals surface area contributed by atoms with Crippen LogP contribution < -0.4 is 5.32 Å². The lowest BCUT2D eigenvalue weighted by Gasteiger charge is -2.40. The zero-order valence-corrected chi connectivity index (χ0v) is 20.8. The number of methoxy groups -OCH3 is 1. The Labute approximate surface area is 193 Å². The Morgan fingerprint density at radius 3 is 2.25 bits per heavy atom. The second-order valence-electron chi connectivity index (χ2n) is 8.28. The fourth-order valence-corrected chi connectivity index (χ4v) is 6.85. The Morgan fingerprint density at radius 1 is 1.09 bits per heavy atom. The first kappa shape index (κ1) is 25.1. The summed E-state index contributed by atoms with van der Waals surface area (Å²) in [5.74, 6) is -0.726. The fraction of sp³-hybridized carbons (Fsp3) is 0.700. The highest BCUT2D eigenvalue weighted by Crippen LogP contribution is 2.33. The van der Waals surface area contributed by atoms with Crippen LogP contribution in [0.25, 0.3) is 0 Å². The molecule has 32 heavy (non-hydrogen) atoms. The van der Waals surface area contributed by atoms with Crippen molar-refractivity contribution in [2.75, 3.05) is 58.2 Å². The number of thiophene rings is 1. The van der Waals surface area contributed by atoms with Gasteiger partial charge in [0, 0.05) is 44.1 Å². The molecule has 0 saturated carbocycles. The minimum absolute atomic E-state index is 0.121. The van der Waals surface area contributed by atoms with E-state index >= 15 is 0 Å². The summed E-state index contributed by atoms with van der Waals surface area (Å²) in [6, 6.07) is 0. The number of rotatable bonds is 6. The van der Waals surface area contributed by atoms with Crippen LogP contribution in [-0.4, -0.2) is 98.9 Å². The molecule has 2 atom stereocenters. The molecule has 1 aromatic heterocycles. The van der Waals surface area contributed by atoms with E-state index in [2.05, 4.69) is 5.32 Å². The highest BCUT2D eigenvalue weighted by Gasteiger charge is 2.37. The number of nitrogens with zero attached hydrogens (tertiary/aromatic N) is 3. The third-order valence-corrected chi connectivity index (χ3v) is 8.86. The van der Waals surface area contributed by atoms with E-state index in [1.165, 1.54) is 27.1 Å². The molecule has 1 N–H and O–H groups in total. The van der Waals surface area contributed by atoms with Crippen LogP contribution in [0.1, 0.15) is 34.6 Å². The number of nitrogens with one attached hydrogen (secondary N) is 1. The van der Waals surface area contributed by atoms with Crippen molar-refractivity contribution in [3.05, 3.63) is 16.0 Å². The first-order valence-electron chi connectivity index (χ1n) is 10.6. The highest BCUT2D eigenvalue weighted by molar-refractivity contribution is 7.86. The van der Waals surface area contributed by atoms with Crippen LogP contribution in [0.3, 0.4) is 0 Å². The molecule has 2 saturated heterocycles. The van der Waals surface area contributed by atoms with Gasteiger partial charge in [-0.1, -0.05) is 0 Å². The minimum atomic E-state index is -3.56. The number of anilines is 1. The molecule has 180 valence electrons. The van der Waals surface area contributed by atoms with Crippen LogP contribution in [0.5, 0.6) is 0 Å². The smallest absolute Gasteiger partial charge is 0.341 e. The van der Waals surface area contributed by atoms with E-state index in [9.17, 15) is 18.0 Å². The monoisotopic (exact) mass is 488 g/mol. The summed E-state index contributed by atoms with van der Waals surface area (Å²) in [4.78, 5) is 27.5. The van der Waals surface area contributed by atoms with Gasteiger partial charge in [0.15, 0.2) is 0 Å². The van der Waals surface area contributed by atoms with Gasteiger partial charge >= 0.3 is 5.97 Å². The molecule has 2 aliphatic rings. The number of carbonyl (C=O) groups is 2. The van der Waals surface area contributed by atoms with Gasteiger partial charge in [-0.05, 0) is 33.3 Å². The van der Waals surface area contributed by atoms with Crippen molar-refractivity contribution < 1.29 is 27.5 Å². The molecule has 0 aromatic carbocycles. The van der Waals surface area contributed by atoms with E-state index in [1.807, 2.05) is 32.6 Å². The van der Waals surface area contributed by atoms with Crippen molar-refractivity contribution in [3.63, 3.8) is 0 Å². The number of esters is 1.